The van der Waals surface area contributed by atoms with Gasteiger partial charge in [0.1, 0.15) is 0 Å². The number of unbranched alkanes of at least 4 members (excludes halogenated alkanes) is 4. The van der Waals surface area contributed by atoms with Crippen LogP contribution in [0.5, 0.6) is 0 Å². The number of nitrogens with zero attached hydrogens (tertiary/aromatic N) is 1. The van der Waals surface area contributed by atoms with Gasteiger partial charge in [-0.05, 0) is 38.0 Å². The Labute approximate surface area is 206 Å². The predicted molar refractivity (Wildman–Crippen MR) is 127 cm³/mol. The minimum absolute atomic E-state index is 0. The summed E-state index contributed by atoms with van der Waals surface area (Å²) in [6, 6.07) is 17.6. The van der Waals surface area contributed by atoms with Crippen molar-refractivity contribution in [2.24, 2.45) is 0 Å². The number of aliphatic carboxylic acids is 1. The van der Waals surface area contributed by atoms with Crippen molar-refractivity contribution in [1.82, 2.24) is 4.90 Å². The molecule has 1 aliphatic rings. The van der Waals surface area contributed by atoms with E-state index in [9.17, 15) is 9.59 Å². The predicted octanol–water partition coefficient (Wildman–Crippen LogP) is 5.54. The smallest absolute Gasteiger partial charge is 0.490 e. The molecule has 0 saturated carbocycles. The van der Waals surface area contributed by atoms with Gasteiger partial charge in [-0.25, -0.2) is 0 Å². The molecule has 5 nitrogen and oxygen atoms in total. The Bertz CT molecular complexity index is 765. The first-order valence-corrected chi connectivity index (χ1v) is 11.2. The van der Waals surface area contributed by atoms with Gasteiger partial charge >= 0.3 is 27.0 Å². The third kappa shape index (κ3) is 11.6. The molecule has 0 unspecified atom stereocenters. The van der Waals surface area contributed by atoms with Gasteiger partial charge in [-0.1, -0.05) is 73.4 Å². The van der Waals surface area contributed by atoms with Gasteiger partial charge in [0.2, 0.25) is 0 Å². The SMILES string of the molecule is O=C(O)CCCCCCCN1CC[CH-]CC1.O=[C-]Nc1ccccc1-c1ccccc1.[W+2]. The minimum atomic E-state index is -0.662. The van der Waals surface area contributed by atoms with E-state index in [1.165, 1.54) is 51.7 Å². The first-order valence-electron chi connectivity index (χ1n) is 11.2. The van der Waals surface area contributed by atoms with Gasteiger partial charge in [-0.15, -0.1) is 11.8 Å². The first kappa shape index (κ1) is 28.1. The zero-order chi connectivity index (χ0) is 22.2. The summed E-state index contributed by atoms with van der Waals surface area (Å²) >= 11 is 0. The van der Waals surface area contributed by atoms with E-state index in [0.29, 0.717) is 6.42 Å². The number of carboxylic acid groups (broad SMARTS) is 1. The van der Waals surface area contributed by atoms with Crippen LogP contribution in [0.4, 0.5) is 5.69 Å². The topological polar surface area (TPSA) is 69.6 Å². The number of benzene rings is 2. The fourth-order valence-corrected chi connectivity index (χ4v) is 3.69. The number of likely N-dealkylation sites (tertiary alicyclic amines) is 1. The average Bonchev–Trinajstić information content (AvgIpc) is 2.81. The number of anilines is 1. The van der Waals surface area contributed by atoms with Gasteiger partial charge in [0.05, 0.1) is 6.41 Å². The van der Waals surface area contributed by atoms with Crippen molar-refractivity contribution < 1.29 is 35.8 Å². The number of amides is 1. The number of rotatable bonds is 11. The summed E-state index contributed by atoms with van der Waals surface area (Å²) in [5, 5.41) is 11.0. The molecule has 0 aromatic heterocycles. The molecule has 172 valence electrons. The second-order valence-electron chi connectivity index (χ2n) is 7.76. The van der Waals surface area contributed by atoms with E-state index in [1.54, 1.807) is 6.41 Å². The van der Waals surface area contributed by atoms with Crippen LogP contribution in [-0.2, 0) is 30.7 Å². The third-order valence-electron chi connectivity index (χ3n) is 5.36. The van der Waals surface area contributed by atoms with Gasteiger partial charge in [-0.2, -0.15) is 12.8 Å². The first-order chi connectivity index (χ1) is 15.2. The maximum atomic E-state index is 10.3. The summed E-state index contributed by atoms with van der Waals surface area (Å²) < 4.78 is 0. The Hall–Kier alpha value is -1.97. The van der Waals surface area contributed by atoms with E-state index < -0.39 is 5.97 Å². The molecule has 32 heavy (non-hydrogen) atoms. The molecule has 2 aromatic rings. The average molecular weight is 606 g/mol. The molecule has 0 aliphatic carbocycles. The maximum Gasteiger partial charge on any atom is 2.00 e. The maximum absolute atomic E-state index is 10.3. The quantitative estimate of drug-likeness (QED) is 0.200. The Kier molecular flexibility index (Phi) is 15.4. The Morgan fingerprint density at radius 1 is 0.938 bits per heavy atom. The van der Waals surface area contributed by atoms with Crippen LogP contribution in [0.3, 0.4) is 0 Å². The number of hydrogen-bond acceptors (Lipinski definition) is 3. The Balaban J connectivity index is 0.000000311. The number of piperidine rings is 1. The molecule has 6 heteroatoms. The summed E-state index contributed by atoms with van der Waals surface area (Å²) in [5.74, 6) is -0.662. The summed E-state index contributed by atoms with van der Waals surface area (Å²) in [6.45, 7) is 3.70. The number of nitrogens with one attached hydrogen (secondary N) is 1. The van der Waals surface area contributed by atoms with Gasteiger partial charge in [0.25, 0.3) is 0 Å². The van der Waals surface area contributed by atoms with Crippen molar-refractivity contribution in [3.8, 4) is 11.1 Å². The van der Waals surface area contributed by atoms with Gasteiger partial charge in [0.15, 0.2) is 0 Å². The largest absolute Gasteiger partial charge is 2.00 e. The summed E-state index contributed by atoms with van der Waals surface area (Å²) in [7, 11) is 0. The van der Waals surface area contributed by atoms with Crippen molar-refractivity contribution in [3.05, 3.63) is 61.0 Å². The number of carboxylic acids is 1. The van der Waals surface area contributed by atoms with Crippen molar-refractivity contribution in [2.45, 2.75) is 51.4 Å². The molecular weight excluding hydrogens is 572 g/mol. The Morgan fingerprint density at radius 2 is 1.56 bits per heavy atom. The molecule has 0 atom stereocenters. The molecule has 0 spiro atoms. The standard InChI is InChI=1S/C13H24NO2.C13H10NO.W/c15-13(16)9-5-2-1-3-6-10-14-11-7-4-8-12-14;15-10-14-13-9-5-4-8-12(13)11-6-2-1-3-7-11;/h4H,1-3,5-12H2,(H,15,16);1-9H,(H,14,15);/q2*-1;+2. The van der Waals surface area contributed by atoms with Crippen LogP contribution in [0.15, 0.2) is 54.6 Å². The minimum Gasteiger partial charge on any atom is -0.490 e. The molecule has 1 saturated heterocycles. The van der Waals surface area contributed by atoms with Gasteiger partial charge in [0, 0.05) is 6.42 Å². The molecule has 1 heterocycles. The van der Waals surface area contributed by atoms with Crippen molar-refractivity contribution >= 4 is 18.1 Å². The molecule has 1 fully saturated rings. The fraction of sp³-hybridized carbons (Fsp3) is 0.423. The molecule has 2 N–H and O–H groups in total. The fourth-order valence-electron chi connectivity index (χ4n) is 3.69. The molecule has 1 amide bonds. The number of carbonyl (C=O) groups excluding carboxylic acids is 1. The normalized spacial score (nSPS) is 13.2. The van der Waals surface area contributed by atoms with Crippen LogP contribution in [0, 0.1) is 6.42 Å². The van der Waals surface area contributed by atoms with Crippen molar-refractivity contribution in [2.75, 3.05) is 25.0 Å². The number of carbonyl (C=O) groups is 1. The van der Waals surface area contributed by atoms with E-state index in [2.05, 4.69) is 16.6 Å². The van der Waals surface area contributed by atoms with Gasteiger partial charge < -0.3 is 26.5 Å². The van der Waals surface area contributed by atoms with Crippen LogP contribution in [-0.4, -0.2) is 42.0 Å². The van der Waals surface area contributed by atoms with Crippen LogP contribution in [0.2, 0.25) is 0 Å². The summed E-state index contributed by atoms with van der Waals surface area (Å²) in [6.07, 6.45) is 12.5. The molecule has 0 radical (unpaired) electrons. The van der Waals surface area contributed by atoms with E-state index >= 15 is 0 Å². The molecule has 1 aliphatic heterocycles. The van der Waals surface area contributed by atoms with Crippen molar-refractivity contribution in [3.63, 3.8) is 0 Å². The van der Waals surface area contributed by atoms with E-state index in [0.717, 1.165) is 29.7 Å². The van der Waals surface area contributed by atoms with E-state index in [-0.39, 0.29) is 21.1 Å². The Morgan fingerprint density at radius 3 is 2.25 bits per heavy atom. The van der Waals surface area contributed by atoms with Crippen molar-refractivity contribution in [1.29, 1.82) is 0 Å². The molecular formula is C26H34N2O3W. The molecule has 3 rings (SSSR count). The zero-order valence-corrected chi connectivity index (χ0v) is 21.6. The monoisotopic (exact) mass is 606 g/mol. The van der Waals surface area contributed by atoms with Crippen LogP contribution < -0.4 is 5.32 Å². The second-order valence-corrected chi connectivity index (χ2v) is 7.76. The van der Waals surface area contributed by atoms with Gasteiger partial charge in [-0.3, -0.25) is 4.79 Å². The van der Waals surface area contributed by atoms with E-state index in [4.69, 9.17) is 5.11 Å². The number of hydrogen-bond donors (Lipinski definition) is 2. The summed E-state index contributed by atoms with van der Waals surface area (Å²) in [4.78, 5) is 23.1. The van der Waals surface area contributed by atoms with E-state index in [1.807, 2.05) is 54.6 Å². The number of para-hydroxylation sites is 1. The van der Waals surface area contributed by atoms with Crippen LogP contribution >= 0.6 is 0 Å². The molecule has 0 bridgehead atoms. The zero-order valence-electron chi connectivity index (χ0n) is 18.7. The summed E-state index contributed by atoms with van der Waals surface area (Å²) in [5.41, 5.74) is 2.86. The second kappa shape index (κ2) is 17.6. The third-order valence-corrected chi connectivity index (χ3v) is 5.36. The van der Waals surface area contributed by atoms with Crippen LogP contribution in [0.1, 0.15) is 51.4 Å². The molecule has 2 aromatic carbocycles. The van der Waals surface area contributed by atoms with Crippen LogP contribution in [0.25, 0.3) is 11.1 Å².